The van der Waals surface area contributed by atoms with Crippen LogP contribution in [-0.4, -0.2) is 48.8 Å². The summed E-state index contributed by atoms with van der Waals surface area (Å²) in [7, 11) is 0. The van der Waals surface area contributed by atoms with Gasteiger partial charge in [0.25, 0.3) is 0 Å². The highest BCUT2D eigenvalue weighted by molar-refractivity contribution is 8.03. The maximum atomic E-state index is 12.2. The molecule has 2 heterocycles. The van der Waals surface area contributed by atoms with Gasteiger partial charge in [0.1, 0.15) is 5.92 Å². The number of nitriles is 2. The van der Waals surface area contributed by atoms with Crippen LogP contribution >= 0.6 is 11.8 Å². The summed E-state index contributed by atoms with van der Waals surface area (Å²) < 4.78 is 5.20. The third-order valence-corrected chi connectivity index (χ3v) is 5.02. The van der Waals surface area contributed by atoms with Crippen LogP contribution < -0.4 is 5.32 Å². The summed E-state index contributed by atoms with van der Waals surface area (Å²) in [4.78, 5) is 25.9. The minimum Gasteiger partial charge on any atom is -0.378 e. The van der Waals surface area contributed by atoms with Crippen LogP contribution in [0.25, 0.3) is 0 Å². The Balaban J connectivity index is 2.13. The molecule has 7 nitrogen and oxygen atoms in total. The largest absolute Gasteiger partial charge is 0.378 e. The summed E-state index contributed by atoms with van der Waals surface area (Å²) >= 11 is 1.13. The first-order chi connectivity index (χ1) is 10.9. The summed E-state index contributed by atoms with van der Waals surface area (Å²) in [6.07, 6.45) is 0. The Morgan fingerprint density at radius 3 is 2.65 bits per heavy atom. The van der Waals surface area contributed by atoms with Crippen LogP contribution in [-0.2, 0) is 14.3 Å². The van der Waals surface area contributed by atoms with Gasteiger partial charge in [0, 0.05) is 18.5 Å². The fourth-order valence-corrected chi connectivity index (χ4v) is 3.65. The van der Waals surface area contributed by atoms with Gasteiger partial charge in [-0.2, -0.15) is 10.5 Å². The second-order valence-electron chi connectivity index (χ2n) is 5.87. The molecule has 0 spiro atoms. The van der Waals surface area contributed by atoms with Crippen LogP contribution in [0.2, 0.25) is 0 Å². The predicted molar refractivity (Wildman–Crippen MR) is 83.5 cm³/mol. The van der Waals surface area contributed by atoms with Crippen molar-refractivity contribution in [2.24, 2.45) is 11.3 Å². The first kappa shape index (κ1) is 17.3. The van der Waals surface area contributed by atoms with Crippen LogP contribution in [0.15, 0.2) is 10.6 Å². The van der Waals surface area contributed by atoms with E-state index < -0.39 is 17.2 Å². The van der Waals surface area contributed by atoms with E-state index in [4.69, 9.17) is 10.00 Å². The van der Waals surface area contributed by atoms with Crippen LogP contribution in [0.4, 0.5) is 0 Å². The highest BCUT2D eigenvalue weighted by Crippen LogP contribution is 2.41. The number of hydrogen-bond donors (Lipinski definition) is 1. The Bertz CT molecular complexity index is 624. The zero-order valence-electron chi connectivity index (χ0n) is 13.1. The highest BCUT2D eigenvalue weighted by Gasteiger charge is 2.44. The number of amides is 2. The van der Waals surface area contributed by atoms with Gasteiger partial charge in [-0.25, -0.2) is 0 Å². The summed E-state index contributed by atoms with van der Waals surface area (Å²) in [5.74, 6) is -1.28. The first-order valence-electron chi connectivity index (χ1n) is 7.25. The number of hydrogen-bond acceptors (Lipinski definition) is 6. The number of rotatable bonds is 3. The van der Waals surface area contributed by atoms with Gasteiger partial charge in [-0.05, 0) is 0 Å². The number of allylic oxidation sites excluding steroid dienone is 1. The molecule has 0 aromatic heterocycles. The van der Waals surface area contributed by atoms with Gasteiger partial charge in [0.05, 0.1) is 41.7 Å². The normalized spacial score (nSPS) is 23.7. The lowest BCUT2D eigenvalue weighted by molar-refractivity contribution is -0.132. The number of carbonyl (C=O) groups is 2. The fraction of sp³-hybridized carbons (Fsp3) is 0.600. The lowest BCUT2D eigenvalue weighted by Gasteiger charge is -2.34. The average molecular weight is 334 g/mol. The molecule has 1 N–H and O–H groups in total. The summed E-state index contributed by atoms with van der Waals surface area (Å²) in [6.45, 7) is 5.55. The van der Waals surface area contributed by atoms with Gasteiger partial charge in [-0.15, -0.1) is 0 Å². The Kier molecular flexibility index (Phi) is 5.30. The molecule has 0 saturated carbocycles. The predicted octanol–water partition coefficient (Wildman–Crippen LogP) is 0.609. The topological polar surface area (TPSA) is 106 Å². The Hall–Kier alpha value is -2.03. The molecule has 2 aliphatic heterocycles. The van der Waals surface area contributed by atoms with Gasteiger partial charge in [-0.1, -0.05) is 25.6 Å². The lowest BCUT2D eigenvalue weighted by atomic mass is 9.72. The molecule has 122 valence electrons. The molecule has 0 unspecified atom stereocenters. The van der Waals surface area contributed by atoms with Crippen LogP contribution in [0.5, 0.6) is 0 Å². The molecule has 2 aliphatic rings. The second-order valence-corrected chi connectivity index (χ2v) is 6.86. The van der Waals surface area contributed by atoms with Crippen molar-refractivity contribution < 1.29 is 14.3 Å². The highest BCUT2D eigenvalue weighted by atomic mass is 32.2. The summed E-state index contributed by atoms with van der Waals surface area (Å²) in [5, 5.41) is 21.5. The Morgan fingerprint density at radius 2 is 2.09 bits per heavy atom. The molecule has 1 fully saturated rings. The molecule has 1 atom stereocenters. The van der Waals surface area contributed by atoms with E-state index in [2.05, 4.69) is 11.4 Å². The van der Waals surface area contributed by atoms with Crippen molar-refractivity contribution in [2.75, 3.05) is 32.1 Å². The molecule has 0 aromatic carbocycles. The van der Waals surface area contributed by atoms with Gasteiger partial charge < -0.3 is 15.0 Å². The smallest absolute Gasteiger partial charge is 0.243 e. The Morgan fingerprint density at radius 1 is 1.43 bits per heavy atom. The third-order valence-electron chi connectivity index (χ3n) is 4.04. The van der Waals surface area contributed by atoms with Crippen LogP contribution in [0, 0.1) is 34.0 Å². The average Bonchev–Trinajstić information content (AvgIpc) is 2.53. The van der Waals surface area contributed by atoms with E-state index in [-0.39, 0.29) is 11.7 Å². The van der Waals surface area contributed by atoms with Crippen molar-refractivity contribution in [3.05, 3.63) is 10.6 Å². The summed E-state index contributed by atoms with van der Waals surface area (Å²) in [5.41, 5.74) is -0.542. The van der Waals surface area contributed by atoms with Gasteiger partial charge in [0.15, 0.2) is 0 Å². The van der Waals surface area contributed by atoms with Crippen molar-refractivity contribution in [1.82, 2.24) is 10.2 Å². The van der Waals surface area contributed by atoms with Crippen molar-refractivity contribution >= 4 is 23.6 Å². The van der Waals surface area contributed by atoms with Crippen LogP contribution in [0.3, 0.4) is 0 Å². The Labute approximate surface area is 139 Å². The molecule has 0 bridgehead atoms. The minimum atomic E-state index is -0.920. The standard InChI is InChI=1S/C15H18N4O3S/c1-15(2)10(7-16)13(21)18-14(11(15)8-17)23-9-12(20)19-3-5-22-6-4-19/h10H,3-6,9H2,1-2H3,(H,18,21)/t10-/m0/s1. The van der Waals surface area contributed by atoms with Gasteiger partial charge in [0.2, 0.25) is 11.8 Å². The van der Waals surface area contributed by atoms with E-state index in [9.17, 15) is 14.9 Å². The molecule has 2 rings (SSSR count). The number of thioether (sulfide) groups is 1. The van der Waals surface area contributed by atoms with E-state index in [0.29, 0.717) is 36.9 Å². The molecule has 0 aromatic rings. The maximum absolute atomic E-state index is 12.2. The zero-order chi connectivity index (χ0) is 17.0. The first-order valence-corrected chi connectivity index (χ1v) is 8.24. The number of carbonyl (C=O) groups excluding carboxylic acids is 2. The van der Waals surface area contributed by atoms with Gasteiger partial charge >= 0.3 is 0 Å². The van der Waals surface area contributed by atoms with E-state index >= 15 is 0 Å². The minimum absolute atomic E-state index is 0.0578. The number of nitrogens with one attached hydrogen (secondary N) is 1. The molecular weight excluding hydrogens is 316 g/mol. The maximum Gasteiger partial charge on any atom is 0.243 e. The van der Waals surface area contributed by atoms with Crippen LogP contribution in [0.1, 0.15) is 13.8 Å². The van der Waals surface area contributed by atoms with E-state index in [1.807, 2.05) is 6.07 Å². The van der Waals surface area contributed by atoms with Crippen molar-refractivity contribution in [3.8, 4) is 12.1 Å². The molecule has 23 heavy (non-hydrogen) atoms. The van der Waals surface area contributed by atoms with Crippen molar-refractivity contribution in [3.63, 3.8) is 0 Å². The van der Waals surface area contributed by atoms with E-state index in [0.717, 1.165) is 11.8 Å². The zero-order valence-corrected chi connectivity index (χ0v) is 13.9. The number of nitrogens with zero attached hydrogens (tertiary/aromatic N) is 3. The van der Waals surface area contributed by atoms with Crippen molar-refractivity contribution in [1.29, 1.82) is 10.5 Å². The lowest BCUT2D eigenvalue weighted by Crippen LogP contribution is -2.45. The summed E-state index contributed by atoms with van der Waals surface area (Å²) in [6, 6.07) is 4.03. The monoisotopic (exact) mass is 334 g/mol. The third kappa shape index (κ3) is 3.49. The fourth-order valence-electron chi connectivity index (χ4n) is 2.57. The second kappa shape index (κ2) is 7.03. The SMILES string of the molecule is CC1(C)C(C#N)=C(SCC(=O)N2CCOCC2)NC(=O)[C@@H]1C#N. The quantitative estimate of drug-likeness (QED) is 0.810. The van der Waals surface area contributed by atoms with E-state index in [1.54, 1.807) is 18.7 Å². The molecule has 2 amide bonds. The van der Waals surface area contributed by atoms with E-state index in [1.165, 1.54) is 0 Å². The number of ether oxygens (including phenoxy) is 1. The molecule has 0 aliphatic carbocycles. The molecule has 1 saturated heterocycles. The van der Waals surface area contributed by atoms with Crippen molar-refractivity contribution in [2.45, 2.75) is 13.8 Å². The van der Waals surface area contributed by atoms with Gasteiger partial charge in [-0.3, -0.25) is 9.59 Å². The number of morpholine rings is 1. The molecule has 8 heteroatoms. The molecule has 0 radical (unpaired) electrons. The molecular formula is C15H18N4O3S.